The van der Waals surface area contributed by atoms with E-state index in [9.17, 15) is 14.4 Å². The molecule has 1 aliphatic heterocycles. The van der Waals surface area contributed by atoms with Crippen LogP contribution in [0.3, 0.4) is 0 Å². The minimum atomic E-state index is -0.462. The van der Waals surface area contributed by atoms with Crippen LogP contribution >= 0.6 is 0 Å². The number of esters is 1. The normalized spacial score (nSPS) is 15.8. The predicted octanol–water partition coefficient (Wildman–Crippen LogP) is 0.656. The van der Waals surface area contributed by atoms with E-state index in [4.69, 9.17) is 4.74 Å². The van der Waals surface area contributed by atoms with Crippen LogP contribution in [0, 0.1) is 5.92 Å². The van der Waals surface area contributed by atoms with Crippen LogP contribution in [0.5, 0.6) is 0 Å². The number of likely N-dealkylation sites (tertiary alicyclic amines) is 1. The molecule has 0 aromatic carbocycles. The van der Waals surface area contributed by atoms with Crippen molar-refractivity contribution < 1.29 is 19.1 Å². The first kappa shape index (κ1) is 16.5. The van der Waals surface area contributed by atoms with E-state index in [2.05, 4.69) is 0 Å². The van der Waals surface area contributed by atoms with Gasteiger partial charge in [-0.25, -0.2) is 0 Å². The summed E-state index contributed by atoms with van der Waals surface area (Å²) in [5.41, 5.74) is 0. The fraction of sp³-hybridized carbons (Fsp3) is 0.786. The molecule has 1 rings (SSSR count). The van der Waals surface area contributed by atoms with Gasteiger partial charge in [0.05, 0.1) is 12.5 Å². The summed E-state index contributed by atoms with van der Waals surface area (Å²) in [7, 11) is 0. The molecule has 1 heterocycles. The molecule has 0 saturated carbocycles. The van der Waals surface area contributed by atoms with Gasteiger partial charge in [-0.2, -0.15) is 0 Å². The molecule has 0 N–H and O–H groups in total. The zero-order chi connectivity index (χ0) is 15.1. The molecule has 114 valence electrons. The Hall–Kier alpha value is -1.59. The lowest BCUT2D eigenvalue weighted by Gasteiger charge is -2.31. The van der Waals surface area contributed by atoms with Gasteiger partial charge in [0, 0.05) is 26.2 Å². The Bertz CT molecular complexity index is 358. The minimum Gasteiger partial charge on any atom is -0.466 e. The lowest BCUT2D eigenvalue weighted by molar-refractivity contribution is -0.155. The van der Waals surface area contributed by atoms with Crippen LogP contribution < -0.4 is 0 Å². The smallest absolute Gasteiger partial charge is 0.312 e. The number of piperidine rings is 1. The SMILES string of the molecule is CCOC(=O)C1CCN(C(=O)C(=O)N(CC)CC)CC1. The van der Waals surface area contributed by atoms with E-state index in [1.54, 1.807) is 6.92 Å². The van der Waals surface area contributed by atoms with Gasteiger partial charge in [-0.05, 0) is 33.6 Å². The van der Waals surface area contributed by atoms with Gasteiger partial charge < -0.3 is 14.5 Å². The minimum absolute atomic E-state index is 0.150. The van der Waals surface area contributed by atoms with E-state index in [1.807, 2.05) is 13.8 Å². The third kappa shape index (κ3) is 3.95. The van der Waals surface area contributed by atoms with Crippen molar-refractivity contribution in [3.05, 3.63) is 0 Å². The van der Waals surface area contributed by atoms with Gasteiger partial charge in [-0.15, -0.1) is 0 Å². The molecule has 2 amide bonds. The first-order chi connectivity index (χ1) is 9.54. The number of amides is 2. The number of hydrogen-bond acceptors (Lipinski definition) is 4. The highest BCUT2D eigenvalue weighted by Gasteiger charge is 2.32. The van der Waals surface area contributed by atoms with Crippen molar-refractivity contribution >= 4 is 17.8 Å². The Kier molecular flexibility index (Phi) is 6.48. The summed E-state index contributed by atoms with van der Waals surface area (Å²) in [4.78, 5) is 38.7. The Morgan fingerprint density at radius 2 is 1.65 bits per heavy atom. The summed E-state index contributed by atoms with van der Waals surface area (Å²) in [6.07, 6.45) is 1.13. The molecule has 0 bridgehead atoms. The second-order valence-corrected chi connectivity index (χ2v) is 4.80. The third-order valence-electron chi connectivity index (χ3n) is 3.64. The quantitative estimate of drug-likeness (QED) is 0.562. The molecule has 0 aliphatic carbocycles. The maximum absolute atomic E-state index is 12.1. The van der Waals surface area contributed by atoms with Crippen LogP contribution in [-0.2, 0) is 19.1 Å². The van der Waals surface area contributed by atoms with E-state index in [0.29, 0.717) is 45.6 Å². The van der Waals surface area contributed by atoms with Crippen LogP contribution in [0.15, 0.2) is 0 Å². The largest absolute Gasteiger partial charge is 0.466 e. The van der Waals surface area contributed by atoms with Gasteiger partial charge in [-0.1, -0.05) is 0 Å². The molecular formula is C14H24N2O4. The fourth-order valence-electron chi connectivity index (χ4n) is 2.36. The maximum atomic E-state index is 12.1. The van der Waals surface area contributed by atoms with Gasteiger partial charge in [0.15, 0.2) is 0 Å². The second kappa shape index (κ2) is 7.87. The highest BCUT2D eigenvalue weighted by atomic mass is 16.5. The number of hydrogen-bond donors (Lipinski definition) is 0. The second-order valence-electron chi connectivity index (χ2n) is 4.80. The van der Waals surface area contributed by atoms with E-state index < -0.39 is 11.8 Å². The van der Waals surface area contributed by atoms with Crippen molar-refractivity contribution in [3.63, 3.8) is 0 Å². The molecule has 0 unspecified atom stereocenters. The van der Waals surface area contributed by atoms with Crippen LogP contribution in [0.25, 0.3) is 0 Å². The first-order valence-electron chi connectivity index (χ1n) is 7.29. The van der Waals surface area contributed by atoms with Crippen molar-refractivity contribution in [1.29, 1.82) is 0 Å². The first-order valence-corrected chi connectivity index (χ1v) is 7.29. The summed E-state index contributed by atoms with van der Waals surface area (Å²) in [5, 5.41) is 0. The summed E-state index contributed by atoms with van der Waals surface area (Å²) < 4.78 is 4.98. The number of rotatable bonds is 4. The Morgan fingerprint density at radius 1 is 1.10 bits per heavy atom. The molecule has 1 saturated heterocycles. The van der Waals surface area contributed by atoms with Gasteiger partial charge in [0.1, 0.15) is 0 Å². The molecule has 0 radical (unpaired) electrons. The van der Waals surface area contributed by atoms with Crippen LogP contribution in [0.2, 0.25) is 0 Å². The molecule has 0 aromatic rings. The molecular weight excluding hydrogens is 260 g/mol. The van der Waals surface area contributed by atoms with E-state index in [1.165, 1.54) is 9.80 Å². The monoisotopic (exact) mass is 284 g/mol. The van der Waals surface area contributed by atoms with Crippen LogP contribution in [-0.4, -0.2) is 60.4 Å². The van der Waals surface area contributed by atoms with E-state index >= 15 is 0 Å². The maximum Gasteiger partial charge on any atom is 0.312 e. The zero-order valence-corrected chi connectivity index (χ0v) is 12.6. The van der Waals surface area contributed by atoms with E-state index in [-0.39, 0.29) is 11.9 Å². The predicted molar refractivity (Wildman–Crippen MR) is 73.9 cm³/mol. The van der Waals surface area contributed by atoms with Gasteiger partial charge in [0.25, 0.3) is 0 Å². The van der Waals surface area contributed by atoms with Crippen molar-refractivity contribution in [2.24, 2.45) is 5.92 Å². The average molecular weight is 284 g/mol. The summed E-state index contributed by atoms with van der Waals surface area (Å²) in [5.74, 6) is -1.27. The summed E-state index contributed by atoms with van der Waals surface area (Å²) >= 11 is 0. The molecule has 0 atom stereocenters. The molecule has 20 heavy (non-hydrogen) atoms. The zero-order valence-electron chi connectivity index (χ0n) is 12.6. The van der Waals surface area contributed by atoms with Crippen molar-refractivity contribution in [2.75, 3.05) is 32.8 Å². The number of nitrogens with zero attached hydrogens (tertiary/aromatic N) is 2. The van der Waals surface area contributed by atoms with Crippen molar-refractivity contribution in [1.82, 2.24) is 9.80 Å². The topological polar surface area (TPSA) is 66.9 Å². The highest BCUT2D eigenvalue weighted by Crippen LogP contribution is 2.19. The number of likely N-dealkylation sites (N-methyl/N-ethyl adjacent to an activating group) is 1. The van der Waals surface area contributed by atoms with Gasteiger partial charge in [-0.3, -0.25) is 14.4 Å². The van der Waals surface area contributed by atoms with Gasteiger partial charge >= 0.3 is 17.8 Å². The molecule has 0 spiro atoms. The van der Waals surface area contributed by atoms with Crippen molar-refractivity contribution in [3.8, 4) is 0 Å². The highest BCUT2D eigenvalue weighted by molar-refractivity contribution is 6.34. The Labute approximate surface area is 120 Å². The molecule has 6 heteroatoms. The van der Waals surface area contributed by atoms with E-state index in [0.717, 1.165) is 0 Å². The van der Waals surface area contributed by atoms with Crippen LogP contribution in [0.1, 0.15) is 33.6 Å². The number of carbonyl (C=O) groups is 3. The standard InChI is InChI=1S/C14H24N2O4/c1-4-15(5-2)12(17)13(18)16-9-7-11(8-10-16)14(19)20-6-3/h11H,4-10H2,1-3H3. The molecule has 0 aromatic heterocycles. The van der Waals surface area contributed by atoms with Gasteiger partial charge in [0.2, 0.25) is 0 Å². The lowest BCUT2D eigenvalue weighted by atomic mass is 9.97. The summed E-state index contributed by atoms with van der Waals surface area (Å²) in [6.45, 7) is 7.78. The lowest BCUT2D eigenvalue weighted by Crippen LogP contribution is -2.48. The third-order valence-corrected chi connectivity index (χ3v) is 3.64. The average Bonchev–Trinajstić information content (AvgIpc) is 2.48. The Morgan fingerprint density at radius 3 is 2.10 bits per heavy atom. The number of ether oxygens (including phenoxy) is 1. The molecule has 1 aliphatic rings. The number of carbonyl (C=O) groups excluding carboxylic acids is 3. The fourth-order valence-corrected chi connectivity index (χ4v) is 2.36. The Balaban J connectivity index is 2.50. The molecule has 1 fully saturated rings. The van der Waals surface area contributed by atoms with Crippen molar-refractivity contribution in [2.45, 2.75) is 33.6 Å². The summed E-state index contributed by atoms with van der Waals surface area (Å²) in [6, 6.07) is 0. The molecule has 6 nitrogen and oxygen atoms in total. The van der Waals surface area contributed by atoms with Crippen LogP contribution in [0.4, 0.5) is 0 Å².